The Morgan fingerprint density at radius 2 is 2.13 bits per heavy atom. The Labute approximate surface area is 134 Å². The van der Waals surface area contributed by atoms with Crippen molar-refractivity contribution in [3.05, 3.63) is 24.3 Å². The zero-order chi connectivity index (χ0) is 16.8. The van der Waals surface area contributed by atoms with Crippen LogP contribution in [0.15, 0.2) is 24.3 Å². The lowest BCUT2D eigenvalue weighted by atomic mass is 10.1. The maximum absolute atomic E-state index is 11.9. The smallest absolute Gasteiger partial charge is 0.310 e. The molecule has 7 heteroatoms. The summed E-state index contributed by atoms with van der Waals surface area (Å²) in [7, 11) is 0. The summed E-state index contributed by atoms with van der Waals surface area (Å²) in [6.07, 6.45) is -1.34. The van der Waals surface area contributed by atoms with E-state index in [-0.39, 0.29) is 12.3 Å². The number of amides is 2. The summed E-state index contributed by atoms with van der Waals surface area (Å²) in [5.74, 6) is -0.939. The predicted molar refractivity (Wildman–Crippen MR) is 83.0 cm³/mol. The molecular formula is C16H20N2O5. The van der Waals surface area contributed by atoms with Crippen LogP contribution in [-0.4, -0.2) is 36.5 Å². The zero-order valence-electron chi connectivity index (χ0n) is 13.1. The molecule has 0 saturated heterocycles. The zero-order valence-corrected chi connectivity index (χ0v) is 13.1. The third kappa shape index (κ3) is 4.45. The molecule has 2 amide bonds. The van der Waals surface area contributed by atoms with E-state index in [4.69, 9.17) is 9.47 Å². The normalized spacial score (nSPS) is 17.3. The molecule has 0 fully saturated rings. The van der Waals surface area contributed by atoms with E-state index in [0.29, 0.717) is 18.0 Å². The van der Waals surface area contributed by atoms with Gasteiger partial charge in [0.25, 0.3) is 11.8 Å². The van der Waals surface area contributed by atoms with Crippen LogP contribution in [0.5, 0.6) is 5.75 Å². The van der Waals surface area contributed by atoms with Crippen molar-refractivity contribution in [2.24, 2.45) is 0 Å². The number of anilines is 1. The molecule has 0 saturated carbocycles. The van der Waals surface area contributed by atoms with Crippen LogP contribution in [0.1, 0.15) is 26.7 Å². The lowest BCUT2D eigenvalue weighted by Gasteiger charge is -2.25. The Bertz CT molecular complexity index is 602. The third-order valence-electron chi connectivity index (χ3n) is 3.29. The van der Waals surface area contributed by atoms with Gasteiger partial charge in [0.05, 0.1) is 12.1 Å². The Balaban J connectivity index is 1.88. The second-order valence-corrected chi connectivity index (χ2v) is 5.22. The highest BCUT2D eigenvalue weighted by atomic mass is 16.6. The van der Waals surface area contributed by atoms with Gasteiger partial charge in [0.2, 0.25) is 0 Å². The molecule has 1 aromatic carbocycles. The van der Waals surface area contributed by atoms with Gasteiger partial charge < -0.3 is 20.1 Å². The highest BCUT2D eigenvalue weighted by Crippen LogP contribution is 2.29. The molecule has 0 aromatic heterocycles. The maximum Gasteiger partial charge on any atom is 0.310 e. The van der Waals surface area contributed by atoms with Gasteiger partial charge in [-0.3, -0.25) is 14.4 Å². The van der Waals surface area contributed by atoms with Crippen molar-refractivity contribution < 1.29 is 23.9 Å². The molecule has 23 heavy (non-hydrogen) atoms. The Hall–Kier alpha value is -2.57. The Kier molecular flexibility index (Phi) is 5.56. The van der Waals surface area contributed by atoms with E-state index in [0.717, 1.165) is 6.42 Å². The fraction of sp³-hybridized carbons (Fsp3) is 0.438. The highest BCUT2D eigenvalue weighted by Gasteiger charge is 2.31. The average Bonchev–Trinajstić information content (AvgIpc) is 2.53. The minimum atomic E-state index is -0.969. The molecule has 1 heterocycles. The van der Waals surface area contributed by atoms with Gasteiger partial charge in [-0.2, -0.15) is 0 Å². The number of para-hydroxylation sites is 2. The fourth-order valence-corrected chi connectivity index (χ4v) is 2.07. The highest BCUT2D eigenvalue weighted by molar-refractivity contribution is 5.99. The van der Waals surface area contributed by atoms with E-state index >= 15 is 0 Å². The summed E-state index contributed by atoms with van der Waals surface area (Å²) < 4.78 is 10.5. The van der Waals surface area contributed by atoms with E-state index in [2.05, 4.69) is 10.6 Å². The first-order valence-electron chi connectivity index (χ1n) is 7.55. The summed E-state index contributed by atoms with van der Waals surface area (Å²) in [6, 6.07) is 6.95. The van der Waals surface area contributed by atoms with Crippen LogP contribution in [0.4, 0.5) is 5.69 Å². The first kappa shape index (κ1) is 16.8. The third-order valence-corrected chi connectivity index (χ3v) is 3.29. The van der Waals surface area contributed by atoms with Gasteiger partial charge >= 0.3 is 5.97 Å². The monoisotopic (exact) mass is 320 g/mol. The van der Waals surface area contributed by atoms with Gasteiger partial charge in [-0.25, -0.2) is 0 Å². The van der Waals surface area contributed by atoms with Crippen LogP contribution in [0, 0.1) is 0 Å². The van der Waals surface area contributed by atoms with Crippen molar-refractivity contribution in [2.45, 2.75) is 38.9 Å². The number of esters is 1. The van der Waals surface area contributed by atoms with Crippen LogP contribution in [0.3, 0.4) is 0 Å². The summed E-state index contributed by atoms with van der Waals surface area (Å²) >= 11 is 0. The van der Waals surface area contributed by atoms with Crippen LogP contribution < -0.4 is 15.4 Å². The molecule has 0 bridgehead atoms. The van der Waals surface area contributed by atoms with Crippen molar-refractivity contribution >= 4 is 23.5 Å². The minimum Gasteiger partial charge on any atom is -0.478 e. The van der Waals surface area contributed by atoms with Gasteiger partial charge in [0.15, 0.2) is 12.2 Å². The minimum absolute atomic E-state index is 0.258. The van der Waals surface area contributed by atoms with Crippen LogP contribution >= 0.6 is 0 Å². The van der Waals surface area contributed by atoms with E-state index in [1.807, 2.05) is 6.92 Å². The van der Waals surface area contributed by atoms with E-state index in [1.165, 1.54) is 6.92 Å². The summed E-state index contributed by atoms with van der Waals surface area (Å²) in [5, 5.41) is 5.30. The molecule has 7 nitrogen and oxygen atoms in total. The van der Waals surface area contributed by atoms with Crippen LogP contribution in [0.25, 0.3) is 0 Å². The Morgan fingerprint density at radius 1 is 1.39 bits per heavy atom. The average molecular weight is 320 g/mol. The molecule has 2 rings (SSSR count). The van der Waals surface area contributed by atoms with Crippen LogP contribution in [-0.2, 0) is 19.1 Å². The first-order chi connectivity index (χ1) is 11.0. The summed E-state index contributed by atoms with van der Waals surface area (Å²) in [5.41, 5.74) is 0.564. The van der Waals surface area contributed by atoms with Crippen LogP contribution in [0.2, 0.25) is 0 Å². The van der Waals surface area contributed by atoms with Gasteiger partial charge in [0.1, 0.15) is 5.75 Å². The molecule has 0 spiro atoms. The SMILES string of the molecule is CCCNC(=O)[C@@H](C)OC(=O)C[C@@H]1Oc2ccccc2NC1=O. The number of rotatable bonds is 6. The van der Waals surface area contributed by atoms with Crippen molar-refractivity contribution in [3.8, 4) is 5.75 Å². The molecule has 1 aliphatic heterocycles. The van der Waals surface area contributed by atoms with Crippen molar-refractivity contribution in [2.75, 3.05) is 11.9 Å². The Morgan fingerprint density at radius 3 is 2.87 bits per heavy atom. The number of ether oxygens (including phenoxy) is 2. The van der Waals surface area contributed by atoms with Gasteiger partial charge in [-0.1, -0.05) is 19.1 Å². The van der Waals surface area contributed by atoms with Crippen molar-refractivity contribution in [3.63, 3.8) is 0 Å². The molecule has 2 atom stereocenters. The van der Waals surface area contributed by atoms with E-state index in [1.54, 1.807) is 24.3 Å². The molecule has 1 aliphatic rings. The van der Waals surface area contributed by atoms with E-state index in [9.17, 15) is 14.4 Å². The maximum atomic E-state index is 11.9. The second-order valence-electron chi connectivity index (χ2n) is 5.22. The predicted octanol–water partition coefficient (Wildman–Crippen LogP) is 1.23. The lowest BCUT2D eigenvalue weighted by Crippen LogP contribution is -2.41. The van der Waals surface area contributed by atoms with Gasteiger partial charge in [-0.15, -0.1) is 0 Å². The topological polar surface area (TPSA) is 93.7 Å². The molecule has 1 aromatic rings. The number of benzene rings is 1. The first-order valence-corrected chi connectivity index (χ1v) is 7.55. The number of carbonyl (C=O) groups excluding carboxylic acids is 3. The lowest BCUT2D eigenvalue weighted by molar-refractivity contribution is -0.157. The second kappa shape index (κ2) is 7.62. The number of hydrogen-bond donors (Lipinski definition) is 2. The number of nitrogens with one attached hydrogen (secondary N) is 2. The molecular weight excluding hydrogens is 300 g/mol. The van der Waals surface area contributed by atoms with Crippen molar-refractivity contribution in [1.82, 2.24) is 5.32 Å². The quantitative estimate of drug-likeness (QED) is 0.769. The molecule has 124 valence electrons. The number of fused-ring (bicyclic) bond motifs is 1. The standard InChI is InChI=1S/C16H20N2O5/c1-3-8-17-15(20)10(2)22-14(19)9-13-16(21)18-11-6-4-5-7-12(11)23-13/h4-7,10,13H,3,8-9H2,1-2H3,(H,17,20)(H,18,21)/t10-,13+/m1/s1. The molecule has 0 unspecified atom stereocenters. The molecule has 0 radical (unpaired) electrons. The molecule has 0 aliphatic carbocycles. The number of carbonyl (C=O) groups is 3. The van der Waals surface area contributed by atoms with Crippen molar-refractivity contribution in [1.29, 1.82) is 0 Å². The largest absolute Gasteiger partial charge is 0.478 e. The molecule has 2 N–H and O–H groups in total. The fourth-order valence-electron chi connectivity index (χ4n) is 2.07. The van der Waals surface area contributed by atoms with Gasteiger partial charge in [-0.05, 0) is 25.5 Å². The summed E-state index contributed by atoms with van der Waals surface area (Å²) in [6.45, 7) is 3.93. The number of hydrogen-bond acceptors (Lipinski definition) is 5. The van der Waals surface area contributed by atoms with Gasteiger partial charge in [0, 0.05) is 6.54 Å². The summed E-state index contributed by atoms with van der Waals surface area (Å²) in [4.78, 5) is 35.5. The van der Waals surface area contributed by atoms with E-state index < -0.39 is 24.1 Å².